The lowest BCUT2D eigenvalue weighted by molar-refractivity contribution is -0.160. The highest BCUT2D eigenvalue weighted by molar-refractivity contribution is 6.32. The Bertz CT molecular complexity index is 816. The van der Waals surface area contributed by atoms with E-state index in [1.165, 1.54) is 14.2 Å². The molecule has 0 amide bonds. The van der Waals surface area contributed by atoms with Crippen LogP contribution in [0.4, 0.5) is 0 Å². The van der Waals surface area contributed by atoms with Gasteiger partial charge in [-0.2, -0.15) is 0 Å². The fourth-order valence-corrected chi connectivity index (χ4v) is 3.16. The lowest BCUT2D eigenvalue weighted by Crippen LogP contribution is -2.33. The van der Waals surface area contributed by atoms with Crippen LogP contribution in [-0.2, 0) is 25.5 Å². The molecule has 0 saturated heterocycles. The zero-order valence-corrected chi connectivity index (χ0v) is 16.5. The third kappa shape index (κ3) is 5.59. The SMILES string of the molecule is COC(=O)C(C(=O)OC)[C@@H](/C=C/c1ccccc1Cl)Cc1ccccc1Cl. The molecule has 2 aromatic carbocycles. The number of allylic oxidation sites excluding steroid dienone is 1. The minimum atomic E-state index is -1.12. The minimum Gasteiger partial charge on any atom is -0.468 e. The lowest BCUT2D eigenvalue weighted by atomic mass is 9.85. The van der Waals surface area contributed by atoms with Crippen molar-refractivity contribution in [3.05, 3.63) is 75.8 Å². The van der Waals surface area contributed by atoms with Gasteiger partial charge >= 0.3 is 11.9 Å². The van der Waals surface area contributed by atoms with Crippen molar-refractivity contribution < 1.29 is 19.1 Å². The molecule has 0 aliphatic heterocycles. The average Bonchev–Trinajstić information content (AvgIpc) is 2.68. The number of hydrogen-bond acceptors (Lipinski definition) is 4. The van der Waals surface area contributed by atoms with E-state index >= 15 is 0 Å². The van der Waals surface area contributed by atoms with Gasteiger partial charge in [0.15, 0.2) is 5.92 Å². The summed E-state index contributed by atoms with van der Waals surface area (Å²) in [4.78, 5) is 24.6. The van der Waals surface area contributed by atoms with Gasteiger partial charge in [0.05, 0.1) is 14.2 Å². The molecule has 0 spiro atoms. The first-order valence-electron chi connectivity index (χ1n) is 8.29. The van der Waals surface area contributed by atoms with Gasteiger partial charge in [0.25, 0.3) is 0 Å². The first-order valence-corrected chi connectivity index (χ1v) is 9.05. The summed E-state index contributed by atoms with van der Waals surface area (Å²) in [6.07, 6.45) is 3.90. The summed E-state index contributed by atoms with van der Waals surface area (Å²) in [5.74, 6) is -2.97. The van der Waals surface area contributed by atoms with Crippen LogP contribution in [-0.4, -0.2) is 26.2 Å². The number of rotatable bonds is 7. The van der Waals surface area contributed by atoms with Crippen molar-refractivity contribution in [1.29, 1.82) is 0 Å². The number of halogens is 2. The number of benzene rings is 2. The Morgan fingerprint density at radius 2 is 1.48 bits per heavy atom. The molecule has 0 radical (unpaired) electrons. The second-order valence-corrected chi connectivity index (χ2v) is 6.68. The van der Waals surface area contributed by atoms with Gasteiger partial charge in [0.2, 0.25) is 0 Å². The van der Waals surface area contributed by atoms with Gasteiger partial charge in [-0.3, -0.25) is 9.59 Å². The number of carbonyl (C=O) groups excluding carboxylic acids is 2. The van der Waals surface area contributed by atoms with Crippen molar-refractivity contribution in [2.45, 2.75) is 6.42 Å². The molecule has 0 aliphatic carbocycles. The zero-order chi connectivity index (χ0) is 19.8. The van der Waals surface area contributed by atoms with Crippen LogP contribution in [0.5, 0.6) is 0 Å². The van der Waals surface area contributed by atoms with E-state index in [0.29, 0.717) is 16.5 Å². The summed E-state index contributed by atoms with van der Waals surface area (Å²) in [5.41, 5.74) is 1.59. The maximum absolute atomic E-state index is 12.3. The number of esters is 2. The van der Waals surface area contributed by atoms with Gasteiger partial charge < -0.3 is 9.47 Å². The van der Waals surface area contributed by atoms with E-state index in [9.17, 15) is 9.59 Å². The molecule has 0 fully saturated rings. The Labute approximate surface area is 168 Å². The van der Waals surface area contributed by atoms with Crippen molar-refractivity contribution in [2.24, 2.45) is 11.8 Å². The van der Waals surface area contributed by atoms with Crippen molar-refractivity contribution in [2.75, 3.05) is 14.2 Å². The number of ether oxygens (including phenoxy) is 2. The Hall–Kier alpha value is -2.30. The molecule has 0 saturated carbocycles. The summed E-state index contributed by atoms with van der Waals surface area (Å²) in [5, 5.41) is 1.13. The molecule has 6 heteroatoms. The van der Waals surface area contributed by atoms with E-state index < -0.39 is 23.8 Å². The Morgan fingerprint density at radius 1 is 0.926 bits per heavy atom. The highest BCUT2D eigenvalue weighted by Crippen LogP contribution is 2.27. The zero-order valence-electron chi connectivity index (χ0n) is 15.0. The van der Waals surface area contributed by atoms with Crippen LogP contribution in [0.15, 0.2) is 54.6 Å². The van der Waals surface area contributed by atoms with Crippen LogP contribution in [0.3, 0.4) is 0 Å². The normalized spacial score (nSPS) is 12.2. The molecular weight excluding hydrogens is 387 g/mol. The second-order valence-electron chi connectivity index (χ2n) is 5.86. The molecular formula is C21H20Cl2O4. The maximum atomic E-state index is 12.3. The van der Waals surface area contributed by atoms with E-state index in [1.54, 1.807) is 24.3 Å². The number of methoxy groups -OCH3 is 2. The summed E-state index contributed by atoms with van der Waals surface area (Å²) in [6.45, 7) is 0. The summed E-state index contributed by atoms with van der Waals surface area (Å²) in [7, 11) is 2.48. The molecule has 142 valence electrons. The summed E-state index contributed by atoms with van der Waals surface area (Å²) >= 11 is 12.5. The summed E-state index contributed by atoms with van der Waals surface area (Å²) in [6, 6.07) is 14.6. The van der Waals surface area contributed by atoms with Crippen molar-refractivity contribution in [3.63, 3.8) is 0 Å². The fraction of sp³-hybridized carbons (Fsp3) is 0.238. The van der Waals surface area contributed by atoms with Gasteiger partial charge in [0, 0.05) is 16.0 Å². The van der Waals surface area contributed by atoms with Crippen LogP contribution in [0.1, 0.15) is 11.1 Å². The minimum absolute atomic E-state index is 0.357. The number of carbonyl (C=O) groups is 2. The third-order valence-corrected chi connectivity index (χ3v) is 4.89. The second kappa shape index (κ2) is 10.1. The molecule has 2 aromatic rings. The van der Waals surface area contributed by atoms with Crippen LogP contribution in [0.2, 0.25) is 10.0 Å². The van der Waals surface area contributed by atoms with E-state index in [1.807, 2.05) is 36.4 Å². The monoisotopic (exact) mass is 406 g/mol. The predicted molar refractivity (Wildman–Crippen MR) is 107 cm³/mol. The fourth-order valence-electron chi connectivity index (χ4n) is 2.75. The molecule has 0 N–H and O–H groups in total. The standard InChI is InChI=1S/C21H20Cl2O4/c1-26-20(24)19(21(25)27-2)16(13-15-8-4-6-10-18(15)23)12-11-14-7-3-5-9-17(14)22/h3-12,16,19H,13H2,1-2H3/b12-11+/t16-/m0/s1. The van der Waals surface area contributed by atoms with Crippen molar-refractivity contribution in [1.82, 2.24) is 0 Å². The third-order valence-electron chi connectivity index (χ3n) is 4.18. The largest absolute Gasteiger partial charge is 0.468 e. The molecule has 2 rings (SSSR count). The van der Waals surface area contributed by atoms with Crippen LogP contribution >= 0.6 is 23.2 Å². The van der Waals surface area contributed by atoms with Crippen molar-refractivity contribution >= 4 is 41.2 Å². The van der Waals surface area contributed by atoms with Crippen LogP contribution in [0.25, 0.3) is 6.08 Å². The van der Waals surface area contributed by atoms with Crippen LogP contribution < -0.4 is 0 Å². The molecule has 4 nitrogen and oxygen atoms in total. The van der Waals surface area contributed by atoms with Gasteiger partial charge in [-0.15, -0.1) is 0 Å². The first kappa shape index (κ1) is 21.0. The maximum Gasteiger partial charge on any atom is 0.320 e. The highest BCUT2D eigenvalue weighted by Gasteiger charge is 2.35. The van der Waals surface area contributed by atoms with Gasteiger partial charge in [-0.1, -0.05) is 71.8 Å². The van der Waals surface area contributed by atoms with Gasteiger partial charge in [-0.05, 0) is 29.7 Å². The Morgan fingerprint density at radius 3 is 2.04 bits per heavy atom. The Balaban J connectivity index is 2.43. The Kier molecular flexibility index (Phi) is 7.89. The molecule has 1 atom stereocenters. The van der Waals surface area contributed by atoms with Gasteiger partial charge in [-0.25, -0.2) is 0 Å². The van der Waals surface area contributed by atoms with E-state index in [-0.39, 0.29) is 0 Å². The molecule has 0 aliphatic rings. The molecule has 0 heterocycles. The van der Waals surface area contributed by atoms with E-state index in [0.717, 1.165) is 11.1 Å². The van der Waals surface area contributed by atoms with Crippen LogP contribution in [0, 0.1) is 11.8 Å². The molecule has 0 unspecified atom stereocenters. The predicted octanol–water partition coefficient (Wildman–Crippen LogP) is 4.83. The van der Waals surface area contributed by atoms with E-state index in [4.69, 9.17) is 32.7 Å². The van der Waals surface area contributed by atoms with Crippen molar-refractivity contribution in [3.8, 4) is 0 Å². The summed E-state index contributed by atoms with van der Waals surface area (Å²) < 4.78 is 9.65. The first-order chi connectivity index (χ1) is 13.0. The molecule has 0 aromatic heterocycles. The number of hydrogen-bond donors (Lipinski definition) is 0. The molecule has 0 bridgehead atoms. The van der Waals surface area contributed by atoms with Gasteiger partial charge in [0.1, 0.15) is 0 Å². The highest BCUT2D eigenvalue weighted by atomic mass is 35.5. The van der Waals surface area contributed by atoms with E-state index in [2.05, 4.69) is 0 Å². The topological polar surface area (TPSA) is 52.6 Å². The molecule has 27 heavy (non-hydrogen) atoms. The average molecular weight is 407 g/mol. The quantitative estimate of drug-likeness (QED) is 0.488. The smallest absolute Gasteiger partial charge is 0.320 e. The lowest BCUT2D eigenvalue weighted by Gasteiger charge is -2.21.